The topological polar surface area (TPSA) is 38.3 Å². The van der Waals surface area contributed by atoms with Crippen molar-refractivity contribution in [3.63, 3.8) is 0 Å². The fraction of sp³-hybridized carbons (Fsp3) is 0.923. The van der Waals surface area contributed by atoms with Gasteiger partial charge in [0.2, 0.25) is 5.91 Å². The van der Waals surface area contributed by atoms with Crippen LogP contribution in [-0.2, 0) is 9.53 Å². The highest BCUT2D eigenvalue weighted by Crippen LogP contribution is 1.80. The van der Waals surface area contributed by atoms with Crippen molar-refractivity contribution < 1.29 is 9.53 Å². The average molecular weight is 233 g/mol. The van der Waals surface area contributed by atoms with Crippen molar-refractivity contribution in [2.45, 2.75) is 60.8 Å². The standard InChI is InChI=1S/C6H13NO.C4H10O.C3H8/c1-3-4-5-7-6(2)8;1-3-5-4-2;1-3-2/h3-5H2,1-2H3,(H,7,8);3-4H2,1-2H3;3H2,1-2H3. The number of amides is 1. The summed E-state index contributed by atoms with van der Waals surface area (Å²) in [6, 6.07) is 0. The molecule has 0 atom stereocenters. The lowest BCUT2D eigenvalue weighted by Crippen LogP contribution is -2.20. The fourth-order valence-electron chi connectivity index (χ4n) is 0.645. The summed E-state index contributed by atoms with van der Waals surface area (Å²) >= 11 is 0. The summed E-state index contributed by atoms with van der Waals surface area (Å²) in [6.07, 6.45) is 3.47. The van der Waals surface area contributed by atoms with Gasteiger partial charge in [-0.1, -0.05) is 33.6 Å². The van der Waals surface area contributed by atoms with Crippen molar-refractivity contribution in [1.82, 2.24) is 5.32 Å². The van der Waals surface area contributed by atoms with Crippen LogP contribution in [0.3, 0.4) is 0 Å². The van der Waals surface area contributed by atoms with E-state index >= 15 is 0 Å². The lowest BCUT2D eigenvalue weighted by molar-refractivity contribution is -0.118. The lowest BCUT2D eigenvalue weighted by atomic mass is 10.3. The Morgan fingerprint density at radius 3 is 1.69 bits per heavy atom. The van der Waals surface area contributed by atoms with Crippen molar-refractivity contribution >= 4 is 5.91 Å². The van der Waals surface area contributed by atoms with Crippen molar-refractivity contribution in [3.8, 4) is 0 Å². The molecule has 100 valence electrons. The van der Waals surface area contributed by atoms with Crippen LogP contribution in [0.15, 0.2) is 0 Å². The van der Waals surface area contributed by atoms with Crippen LogP contribution < -0.4 is 5.32 Å². The summed E-state index contributed by atoms with van der Waals surface area (Å²) in [5.74, 6) is 0.0680. The number of nitrogens with one attached hydrogen (secondary N) is 1. The minimum Gasteiger partial charge on any atom is -0.382 e. The van der Waals surface area contributed by atoms with Gasteiger partial charge in [0.1, 0.15) is 0 Å². The van der Waals surface area contributed by atoms with Crippen LogP contribution in [0.5, 0.6) is 0 Å². The summed E-state index contributed by atoms with van der Waals surface area (Å²) in [7, 11) is 0. The van der Waals surface area contributed by atoms with E-state index in [1.165, 1.54) is 13.3 Å². The van der Waals surface area contributed by atoms with E-state index < -0.39 is 0 Å². The maximum Gasteiger partial charge on any atom is 0.216 e. The molecule has 0 aromatic heterocycles. The first-order valence-electron chi connectivity index (χ1n) is 6.42. The highest BCUT2D eigenvalue weighted by molar-refractivity contribution is 5.72. The van der Waals surface area contributed by atoms with E-state index in [0.717, 1.165) is 32.6 Å². The minimum absolute atomic E-state index is 0.0680. The highest BCUT2D eigenvalue weighted by atomic mass is 16.5. The molecule has 0 aromatic carbocycles. The van der Waals surface area contributed by atoms with Gasteiger partial charge < -0.3 is 10.1 Å². The van der Waals surface area contributed by atoms with E-state index in [-0.39, 0.29) is 5.91 Å². The third-order valence-electron chi connectivity index (χ3n) is 1.31. The van der Waals surface area contributed by atoms with Gasteiger partial charge in [0.05, 0.1) is 0 Å². The number of carbonyl (C=O) groups is 1. The molecule has 0 aliphatic heterocycles. The number of hydrogen-bond donors (Lipinski definition) is 1. The molecule has 3 heteroatoms. The monoisotopic (exact) mass is 233 g/mol. The fourth-order valence-corrected chi connectivity index (χ4v) is 0.645. The SMILES string of the molecule is CCC.CCCCNC(C)=O.CCOCC. The molecule has 16 heavy (non-hydrogen) atoms. The van der Waals surface area contributed by atoms with E-state index in [1.807, 2.05) is 13.8 Å². The van der Waals surface area contributed by atoms with Crippen molar-refractivity contribution in [1.29, 1.82) is 0 Å². The molecular weight excluding hydrogens is 202 g/mol. The Balaban J connectivity index is -0.000000181. The Hall–Kier alpha value is -0.570. The minimum atomic E-state index is 0.0680. The van der Waals surface area contributed by atoms with E-state index in [0.29, 0.717) is 0 Å². The van der Waals surface area contributed by atoms with Crippen LogP contribution in [0.25, 0.3) is 0 Å². The van der Waals surface area contributed by atoms with E-state index in [9.17, 15) is 4.79 Å². The Morgan fingerprint density at radius 2 is 1.50 bits per heavy atom. The van der Waals surface area contributed by atoms with Crippen molar-refractivity contribution in [3.05, 3.63) is 0 Å². The third-order valence-corrected chi connectivity index (χ3v) is 1.31. The molecule has 1 N–H and O–H groups in total. The highest BCUT2D eigenvalue weighted by Gasteiger charge is 1.85. The molecule has 0 fully saturated rings. The average Bonchev–Trinajstić information content (AvgIpc) is 2.21. The Morgan fingerprint density at radius 1 is 1.06 bits per heavy atom. The number of ether oxygens (including phenoxy) is 1. The molecule has 0 radical (unpaired) electrons. The summed E-state index contributed by atoms with van der Waals surface area (Å²) in [4.78, 5) is 10.2. The Bertz CT molecular complexity index is 115. The zero-order chi connectivity index (χ0) is 13.2. The zero-order valence-corrected chi connectivity index (χ0v) is 12.1. The molecule has 0 spiro atoms. The van der Waals surface area contributed by atoms with Gasteiger partial charge in [-0.3, -0.25) is 4.79 Å². The first-order valence-corrected chi connectivity index (χ1v) is 6.42. The van der Waals surface area contributed by atoms with Gasteiger partial charge in [-0.25, -0.2) is 0 Å². The Labute approximate surface area is 102 Å². The molecule has 3 nitrogen and oxygen atoms in total. The van der Waals surface area contributed by atoms with Crippen LogP contribution >= 0.6 is 0 Å². The largest absolute Gasteiger partial charge is 0.382 e. The third kappa shape index (κ3) is 50.2. The summed E-state index contributed by atoms with van der Waals surface area (Å²) < 4.78 is 4.83. The molecule has 0 saturated carbocycles. The first-order chi connectivity index (χ1) is 7.60. The normalized spacial score (nSPS) is 8.12. The van der Waals surface area contributed by atoms with Gasteiger partial charge in [0.25, 0.3) is 0 Å². The van der Waals surface area contributed by atoms with Gasteiger partial charge in [-0.05, 0) is 20.3 Å². The second-order valence-electron chi connectivity index (χ2n) is 3.33. The van der Waals surface area contributed by atoms with Gasteiger partial charge in [0, 0.05) is 26.7 Å². The smallest absolute Gasteiger partial charge is 0.216 e. The molecule has 0 unspecified atom stereocenters. The van der Waals surface area contributed by atoms with Crippen molar-refractivity contribution in [2.24, 2.45) is 0 Å². The van der Waals surface area contributed by atoms with Crippen LogP contribution in [0, 0.1) is 0 Å². The zero-order valence-electron chi connectivity index (χ0n) is 12.1. The molecule has 0 aromatic rings. The number of hydrogen-bond acceptors (Lipinski definition) is 2. The summed E-state index contributed by atoms with van der Waals surface area (Å²) in [6.45, 7) is 14.4. The molecule has 0 heterocycles. The molecule has 1 amide bonds. The van der Waals surface area contributed by atoms with E-state index in [1.54, 1.807) is 0 Å². The van der Waals surface area contributed by atoms with Gasteiger partial charge in [0.15, 0.2) is 0 Å². The Kier molecular flexibility index (Phi) is 31.1. The first kappa shape index (κ1) is 20.8. The number of rotatable bonds is 5. The van der Waals surface area contributed by atoms with Crippen molar-refractivity contribution in [2.75, 3.05) is 19.8 Å². The lowest BCUT2D eigenvalue weighted by Gasteiger charge is -1.96. The maximum atomic E-state index is 10.2. The van der Waals surface area contributed by atoms with Gasteiger partial charge in [-0.2, -0.15) is 0 Å². The summed E-state index contributed by atoms with van der Waals surface area (Å²) in [5.41, 5.74) is 0. The maximum absolute atomic E-state index is 10.2. The number of unbranched alkanes of at least 4 members (excludes halogenated alkanes) is 1. The predicted octanol–water partition coefficient (Wildman–Crippen LogP) is 3.38. The van der Waals surface area contributed by atoms with Crippen LogP contribution in [0.4, 0.5) is 0 Å². The van der Waals surface area contributed by atoms with E-state index in [4.69, 9.17) is 4.74 Å². The molecule has 0 rings (SSSR count). The molecular formula is C13H31NO2. The second kappa shape index (κ2) is 23.9. The van der Waals surface area contributed by atoms with Gasteiger partial charge in [-0.15, -0.1) is 0 Å². The molecule has 0 aliphatic carbocycles. The predicted molar refractivity (Wildman–Crippen MR) is 71.7 cm³/mol. The van der Waals surface area contributed by atoms with Crippen LogP contribution in [-0.4, -0.2) is 25.7 Å². The molecule has 0 aliphatic rings. The van der Waals surface area contributed by atoms with E-state index in [2.05, 4.69) is 26.1 Å². The van der Waals surface area contributed by atoms with Gasteiger partial charge >= 0.3 is 0 Å². The van der Waals surface area contributed by atoms with Crippen LogP contribution in [0.2, 0.25) is 0 Å². The molecule has 0 bridgehead atoms. The molecule has 0 saturated heterocycles. The number of carbonyl (C=O) groups excluding carboxylic acids is 1. The quantitative estimate of drug-likeness (QED) is 0.739. The van der Waals surface area contributed by atoms with Crippen LogP contribution in [0.1, 0.15) is 60.8 Å². The summed E-state index contributed by atoms with van der Waals surface area (Å²) in [5, 5.41) is 2.71. The second-order valence-corrected chi connectivity index (χ2v) is 3.33.